The maximum absolute atomic E-state index is 11.8. The Kier molecular flexibility index (Phi) is 2.26. The summed E-state index contributed by atoms with van der Waals surface area (Å²) >= 11 is 0. The summed E-state index contributed by atoms with van der Waals surface area (Å²) < 4.78 is 0. The molecule has 1 aliphatic rings. The van der Waals surface area contributed by atoms with Gasteiger partial charge in [0, 0.05) is 31.0 Å². The van der Waals surface area contributed by atoms with Crippen molar-refractivity contribution < 1.29 is 4.79 Å². The number of urea groups is 1. The maximum atomic E-state index is 11.8. The molecule has 0 bridgehead atoms. The van der Waals surface area contributed by atoms with Crippen molar-refractivity contribution in [1.29, 1.82) is 0 Å². The first-order valence-electron chi connectivity index (χ1n) is 4.99. The van der Waals surface area contributed by atoms with E-state index in [4.69, 9.17) is 5.73 Å². The lowest BCUT2D eigenvalue weighted by atomic mass is 10.2. The number of amides is 2. The van der Waals surface area contributed by atoms with Gasteiger partial charge in [-0.25, -0.2) is 4.79 Å². The van der Waals surface area contributed by atoms with Crippen LogP contribution >= 0.6 is 0 Å². The van der Waals surface area contributed by atoms with Crippen molar-refractivity contribution in [2.24, 2.45) is 0 Å². The average molecular weight is 205 g/mol. The van der Waals surface area contributed by atoms with Crippen LogP contribution in [0.2, 0.25) is 0 Å². The summed E-state index contributed by atoms with van der Waals surface area (Å²) in [5, 5.41) is 0. The van der Waals surface area contributed by atoms with Crippen LogP contribution in [0.1, 0.15) is 6.92 Å². The van der Waals surface area contributed by atoms with Crippen LogP contribution in [-0.2, 0) is 0 Å². The number of hydrogen-bond donors (Lipinski definition) is 1. The van der Waals surface area contributed by atoms with Gasteiger partial charge in [-0.05, 0) is 25.1 Å². The van der Waals surface area contributed by atoms with Gasteiger partial charge < -0.3 is 10.6 Å². The largest absolute Gasteiger partial charge is 0.399 e. The molecule has 1 aromatic rings. The summed E-state index contributed by atoms with van der Waals surface area (Å²) in [5.74, 6) is 0. The van der Waals surface area contributed by atoms with E-state index in [1.54, 1.807) is 9.80 Å². The Balaban J connectivity index is 2.29. The highest BCUT2D eigenvalue weighted by Crippen LogP contribution is 2.23. The molecular weight excluding hydrogens is 190 g/mol. The Hall–Kier alpha value is -1.71. The van der Waals surface area contributed by atoms with E-state index in [9.17, 15) is 4.79 Å². The molecule has 15 heavy (non-hydrogen) atoms. The molecule has 1 saturated heterocycles. The molecule has 4 nitrogen and oxygen atoms in total. The molecule has 1 atom stereocenters. The number of likely N-dealkylation sites (N-methyl/N-ethyl adjacent to an activating group) is 1. The molecule has 2 rings (SSSR count). The number of carbonyl (C=O) groups excluding carboxylic acids is 1. The number of nitrogen functional groups attached to an aromatic ring is 1. The quantitative estimate of drug-likeness (QED) is 0.707. The summed E-state index contributed by atoms with van der Waals surface area (Å²) in [6.45, 7) is 2.75. The molecule has 1 unspecified atom stereocenters. The van der Waals surface area contributed by atoms with Crippen molar-refractivity contribution >= 4 is 17.4 Å². The van der Waals surface area contributed by atoms with Gasteiger partial charge in [-0.2, -0.15) is 0 Å². The van der Waals surface area contributed by atoms with E-state index in [1.807, 2.05) is 38.2 Å². The monoisotopic (exact) mass is 205 g/mol. The van der Waals surface area contributed by atoms with Crippen LogP contribution in [0.25, 0.3) is 0 Å². The Morgan fingerprint density at radius 2 is 2.20 bits per heavy atom. The second-order valence-corrected chi connectivity index (χ2v) is 3.95. The molecule has 2 amide bonds. The third-order valence-electron chi connectivity index (χ3n) is 2.82. The first kappa shape index (κ1) is 9.83. The lowest BCUT2D eigenvalue weighted by molar-refractivity contribution is 0.221. The zero-order valence-corrected chi connectivity index (χ0v) is 8.97. The molecule has 1 fully saturated rings. The molecule has 0 saturated carbocycles. The highest BCUT2D eigenvalue weighted by molar-refractivity contribution is 5.94. The summed E-state index contributed by atoms with van der Waals surface area (Å²) in [4.78, 5) is 15.3. The fraction of sp³-hybridized carbons (Fsp3) is 0.364. The number of anilines is 2. The van der Waals surface area contributed by atoms with Crippen LogP contribution in [0.4, 0.5) is 16.2 Å². The molecule has 1 heterocycles. The molecule has 1 aromatic carbocycles. The van der Waals surface area contributed by atoms with Gasteiger partial charge in [0.1, 0.15) is 0 Å². The molecule has 0 spiro atoms. The zero-order chi connectivity index (χ0) is 11.0. The van der Waals surface area contributed by atoms with E-state index in [2.05, 4.69) is 0 Å². The molecule has 2 N–H and O–H groups in total. The Labute approximate surface area is 89.3 Å². The standard InChI is InChI=1S/C11H15N3O/c1-8-7-14(11(15)13(8)2)10-5-3-4-9(12)6-10/h3-6,8H,7,12H2,1-2H3. The minimum absolute atomic E-state index is 0.0353. The molecule has 80 valence electrons. The second-order valence-electron chi connectivity index (χ2n) is 3.95. The van der Waals surface area contributed by atoms with E-state index in [1.165, 1.54) is 0 Å². The Morgan fingerprint density at radius 3 is 2.73 bits per heavy atom. The first-order valence-corrected chi connectivity index (χ1v) is 4.99. The van der Waals surface area contributed by atoms with Crippen LogP contribution in [0.5, 0.6) is 0 Å². The number of carbonyl (C=O) groups is 1. The second kappa shape index (κ2) is 3.46. The van der Waals surface area contributed by atoms with Gasteiger partial charge in [-0.1, -0.05) is 6.07 Å². The van der Waals surface area contributed by atoms with Gasteiger partial charge in [0.2, 0.25) is 0 Å². The summed E-state index contributed by atoms with van der Waals surface area (Å²) in [5.41, 5.74) is 7.24. The van der Waals surface area contributed by atoms with Crippen LogP contribution in [0.15, 0.2) is 24.3 Å². The highest BCUT2D eigenvalue weighted by Gasteiger charge is 2.32. The van der Waals surface area contributed by atoms with Crippen molar-refractivity contribution in [2.45, 2.75) is 13.0 Å². The fourth-order valence-electron chi connectivity index (χ4n) is 1.75. The minimum atomic E-state index is 0.0353. The number of rotatable bonds is 1. The van der Waals surface area contributed by atoms with Gasteiger partial charge in [0.25, 0.3) is 0 Å². The Bertz CT molecular complexity index is 391. The van der Waals surface area contributed by atoms with Crippen molar-refractivity contribution in [2.75, 3.05) is 24.2 Å². The summed E-state index contributed by atoms with van der Waals surface area (Å²) in [6, 6.07) is 7.69. The molecule has 4 heteroatoms. The van der Waals surface area contributed by atoms with Crippen LogP contribution < -0.4 is 10.6 Å². The third kappa shape index (κ3) is 1.63. The lowest BCUT2D eigenvalue weighted by Crippen LogP contribution is -2.30. The third-order valence-corrected chi connectivity index (χ3v) is 2.82. The molecule has 0 radical (unpaired) electrons. The van der Waals surface area contributed by atoms with E-state index in [0.29, 0.717) is 5.69 Å². The Morgan fingerprint density at radius 1 is 1.47 bits per heavy atom. The zero-order valence-electron chi connectivity index (χ0n) is 8.97. The van der Waals surface area contributed by atoms with E-state index in [-0.39, 0.29) is 12.1 Å². The van der Waals surface area contributed by atoms with Gasteiger partial charge in [-0.3, -0.25) is 4.90 Å². The van der Waals surface area contributed by atoms with Crippen molar-refractivity contribution in [3.8, 4) is 0 Å². The normalized spacial score (nSPS) is 21.2. The smallest absolute Gasteiger partial charge is 0.324 e. The minimum Gasteiger partial charge on any atom is -0.399 e. The molecular formula is C11H15N3O. The van der Waals surface area contributed by atoms with E-state index < -0.39 is 0 Å². The van der Waals surface area contributed by atoms with E-state index in [0.717, 1.165) is 12.2 Å². The van der Waals surface area contributed by atoms with E-state index >= 15 is 0 Å². The predicted molar refractivity (Wildman–Crippen MR) is 60.8 cm³/mol. The number of nitrogens with two attached hydrogens (primary N) is 1. The van der Waals surface area contributed by atoms with Crippen LogP contribution in [0, 0.1) is 0 Å². The number of hydrogen-bond acceptors (Lipinski definition) is 2. The van der Waals surface area contributed by atoms with Crippen molar-refractivity contribution in [3.63, 3.8) is 0 Å². The molecule has 1 aliphatic heterocycles. The number of benzene rings is 1. The van der Waals surface area contributed by atoms with Gasteiger partial charge >= 0.3 is 6.03 Å². The van der Waals surface area contributed by atoms with Crippen molar-refractivity contribution in [1.82, 2.24) is 4.90 Å². The first-order chi connectivity index (χ1) is 7.09. The lowest BCUT2D eigenvalue weighted by Gasteiger charge is -2.16. The molecule has 0 aromatic heterocycles. The van der Waals surface area contributed by atoms with Gasteiger partial charge in [-0.15, -0.1) is 0 Å². The average Bonchev–Trinajstić information content (AvgIpc) is 2.46. The van der Waals surface area contributed by atoms with Crippen LogP contribution in [0.3, 0.4) is 0 Å². The van der Waals surface area contributed by atoms with Crippen LogP contribution in [-0.4, -0.2) is 30.6 Å². The van der Waals surface area contributed by atoms with Gasteiger partial charge in [0.15, 0.2) is 0 Å². The predicted octanol–water partition coefficient (Wildman–Crippen LogP) is 1.53. The maximum Gasteiger partial charge on any atom is 0.324 e. The molecule has 0 aliphatic carbocycles. The fourth-order valence-corrected chi connectivity index (χ4v) is 1.75. The number of nitrogens with zero attached hydrogens (tertiary/aromatic N) is 2. The summed E-state index contributed by atoms with van der Waals surface area (Å²) in [6.07, 6.45) is 0. The SMILES string of the molecule is CC1CN(c2cccc(N)c2)C(=O)N1C. The topological polar surface area (TPSA) is 49.6 Å². The highest BCUT2D eigenvalue weighted by atomic mass is 16.2. The van der Waals surface area contributed by atoms with Gasteiger partial charge in [0.05, 0.1) is 0 Å². The summed E-state index contributed by atoms with van der Waals surface area (Å²) in [7, 11) is 1.82. The van der Waals surface area contributed by atoms with Crippen molar-refractivity contribution in [3.05, 3.63) is 24.3 Å².